The molecule has 1 aliphatic rings. The monoisotopic (exact) mass is 256 g/mol. The molecule has 0 N–H and O–H groups in total. The zero-order chi connectivity index (χ0) is 12.5. The fourth-order valence-electron chi connectivity index (χ4n) is 2.06. The number of fused-ring (bicyclic) bond motifs is 2. The van der Waals surface area contributed by atoms with Gasteiger partial charge in [-0.05, 0) is 18.2 Å². The average Bonchev–Trinajstić information content (AvgIpc) is 2.54. The quantitative estimate of drug-likeness (QED) is 0.696. The van der Waals surface area contributed by atoms with Gasteiger partial charge in [0.15, 0.2) is 0 Å². The van der Waals surface area contributed by atoms with Crippen molar-refractivity contribution in [3.8, 4) is 0 Å². The lowest BCUT2D eigenvalue weighted by atomic mass is 10.1. The van der Waals surface area contributed by atoms with Crippen LogP contribution in [-0.4, -0.2) is 0 Å². The molecule has 0 amide bonds. The van der Waals surface area contributed by atoms with Crippen molar-refractivity contribution in [3.63, 3.8) is 0 Å². The van der Waals surface area contributed by atoms with E-state index < -0.39 is 0 Å². The molecule has 3 rings (SSSR count). The van der Waals surface area contributed by atoms with Gasteiger partial charge in [0.25, 0.3) is 0 Å². The predicted molar refractivity (Wildman–Crippen MR) is 74.8 cm³/mol. The van der Waals surface area contributed by atoms with Crippen LogP contribution in [0, 0.1) is 4.91 Å². The third-order valence-corrected chi connectivity index (χ3v) is 3.14. The summed E-state index contributed by atoms with van der Waals surface area (Å²) in [5.41, 5.74) is 3.31. The number of rotatable bonds is 1. The highest BCUT2D eigenvalue weighted by atomic mass is 35.5. The smallest absolute Gasteiger partial charge is 0.0772 e. The summed E-state index contributed by atoms with van der Waals surface area (Å²) < 4.78 is 0. The van der Waals surface area contributed by atoms with Gasteiger partial charge in [0, 0.05) is 16.1 Å². The Morgan fingerprint density at radius 3 is 2.44 bits per heavy atom. The Hall–Kier alpha value is -2.13. The zero-order valence-corrected chi connectivity index (χ0v) is 10.1. The van der Waals surface area contributed by atoms with Crippen molar-refractivity contribution >= 4 is 35.1 Å². The Morgan fingerprint density at radius 1 is 0.944 bits per heavy atom. The first-order valence-electron chi connectivity index (χ1n) is 5.49. The van der Waals surface area contributed by atoms with Crippen molar-refractivity contribution in [3.05, 3.63) is 63.5 Å². The molecule has 0 fully saturated rings. The van der Waals surface area contributed by atoms with Gasteiger partial charge < -0.3 is 0 Å². The van der Waals surface area contributed by atoms with Gasteiger partial charge in [-0.25, -0.2) is 0 Å². The largest absolute Gasteiger partial charge is 0.196 e. The summed E-state index contributed by atoms with van der Waals surface area (Å²) in [6.45, 7) is 0. The van der Waals surface area contributed by atoms with Crippen LogP contribution in [0.1, 0.15) is 11.1 Å². The Bertz CT molecular complexity index is 652. The van der Waals surface area contributed by atoms with Crippen LogP contribution in [-0.2, 0) is 0 Å². The number of hydrogen-bond acceptors (Lipinski definition) is 2. The van der Waals surface area contributed by atoms with E-state index in [0.29, 0.717) is 10.7 Å². The van der Waals surface area contributed by atoms with E-state index in [-0.39, 0.29) is 0 Å². The first-order valence-corrected chi connectivity index (χ1v) is 5.87. The molecule has 0 bridgehead atoms. The summed E-state index contributed by atoms with van der Waals surface area (Å²) in [5.74, 6) is 0. The SMILES string of the molecule is O=NN1c2ccccc2C=Cc2ccc(Cl)cc21. The Balaban J connectivity index is 2.29. The van der Waals surface area contributed by atoms with E-state index in [1.165, 1.54) is 5.01 Å². The molecule has 0 radical (unpaired) electrons. The third-order valence-electron chi connectivity index (χ3n) is 2.91. The van der Waals surface area contributed by atoms with E-state index >= 15 is 0 Å². The van der Waals surface area contributed by atoms with Crippen LogP contribution in [0.4, 0.5) is 11.4 Å². The Labute approximate surface area is 109 Å². The second-order valence-electron chi connectivity index (χ2n) is 3.99. The fraction of sp³-hybridized carbons (Fsp3) is 0. The van der Waals surface area contributed by atoms with Crippen molar-refractivity contribution in [2.45, 2.75) is 0 Å². The minimum absolute atomic E-state index is 0.579. The number of hydrogen-bond donors (Lipinski definition) is 0. The average molecular weight is 257 g/mol. The summed E-state index contributed by atoms with van der Waals surface area (Å²) in [4.78, 5) is 11.2. The highest BCUT2D eigenvalue weighted by Crippen LogP contribution is 2.37. The standard InChI is InChI=1S/C14H9ClN2O/c15-12-8-7-11-6-5-10-3-1-2-4-13(10)17(16-18)14(11)9-12/h1-9H. The summed E-state index contributed by atoms with van der Waals surface area (Å²) in [5, 5.41) is 5.07. The number of halogens is 1. The first-order chi connectivity index (χ1) is 8.79. The van der Waals surface area contributed by atoms with Gasteiger partial charge >= 0.3 is 0 Å². The van der Waals surface area contributed by atoms with Crippen molar-refractivity contribution < 1.29 is 0 Å². The molecule has 18 heavy (non-hydrogen) atoms. The number of para-hydroxylation sites is 1. The van der Waals surface area contributed by atoms with Gasteiger partial charge in [0.05, 0.1) is 16.7 Å². The van der Waals surface area contributed by atoms with Gasteiger partial charge in [-0.15, -0.1) is 4.91 Å². The molecule has 0 aromatic heterocycles. The molecular formula is C14H9ClN2O. The van der Waals surface area contributed by atoms with E-state index in [9.17, 15) is 4.91 Å². The maximum absolute atomic E-state index is 11.2. The lowest BCUT2D eigenvalue weighted by Crippen LogP contribution is -2.09. The van der Waals surface area contributed by atoms with E-state index in [0.717, 1.165) is 16.8 Å². The highest BCUT2D eigenvalue weighted by Gasteiger charge is 2.18. The van der Waals surface area contributed by atoms with Gasteiger partial charge in [-0.2, -0.15) is 5.01 Å². The van der Waals surface area contributed by atoms with Crippen molar-refractivity contribution in [1.29, 1.82) is 0 Å². The molecule has 0 atom stereocenters. The van der Waals surface area contributed by atoms with Gasteiger partial charge in [0.1, 0.15) is 0 Å². The summed E-state index contributed by atoms with van der Waals surface area (Å²) in [6.07, 6.45) is 3.92. The molecule has 0 spiro atoms. The van der Waals surface area contributed by atoms with Gasteiger partial charge in [-0.3, -0.25) is 0 Å². The van der Waals surface area contributed by atoms with Crippen LogP contribution in [0.15, 0.2) is 47.8 Å². The van der Waals surface area contributed by atoms with Gasteiger partial charge in [0.2, 0.25) is 0 Å². The van der Waals surface area contributed by atoms with E-state index in [1.807, 2.05) is 42.5 Å². The van der Waals surface area contributed by atoms with E-state index in [4.69, 9.17) is 11.6 Å². The van der Waals surface area contributed by atoms with Crippen LogP contribution in [0.2, 0.25) is 5.02 Å². The highest BCUT2D eigenvalue weighted by molar-refractivity contribution is 6.31. The van der Waals surface area contributed by atoms with Crippen LogP contribution in [0.5, 0.6) is 0 Å². The molecule has 4 heteroatoms. The second-order valence-corrected chi connectivity index (χ2v) is 4.43. The molecule has 1 aliphatic heterocycles. The maximum Gasteiger partial charge on any atom is 0.0772 e. The van der Waals surface area contributed by atoms with Crippen LogP contribution >= 0.6 is 11.6 Å². The van der Waals surface area contributed by atoms with Gasteiger partial charge in [-0.1, -0.05) is 48.0 Å². The molecule has 1 heterocycles. The second kappa shape index (κ2) is 4.27. The normalized spacial score (nSPS) is 12.6. The molecule has 0 unspecified atom stereocenters. The summed E-state index contributed by atoms with van der Waals surface area (Å²) >= 11 is 5.98. The molecule has 0 saturated carbocycles. The van der Waals surface area contributed by atoms with Crippen molar-refractivity contribution in [1.82, 2.24) is 0 Å². The number of nitrogens with zero attached hydrogens (tertiary/aromatic N) is 2. The molecule has 0 saturated heterocycles. The van der Waals surface area contributed by atoms with E-state index in [2.05, 4.69) is 5.29 Å². The number of benzene rings is 2. The Morgan fingerprint density at radius 2 is 1.67 bits per heavy atom. The van der Waals surface area contributed by atoms with Crippen LogP contribution in [0.3, 0.4) is 0 Å². The first kappa shape index (κ1) is 11.0. The summed E-state index contributed by atoms with van der Waals surface area (Å²) in [6, 6.07) is 13.0. The minimum atomic E-state index is 0.579. The van der Waals surface area contributed by atoms with Crippen molar-refractivity contribution in [2.24, 2.45) is 5.29 Å². The third kappa shape index (κ3) is 1.69. The van der Waals surface area contributed by atoms with Crippen LogP contribution in [0.25, 0.3) is 12.2 Å². The lowest BCUT2D eigenvalue weighted by Gasteiger charge is -2.17. The molecular weight excluding hydrogens is 248 g/mol. The molecule has 2 aromatic carbocycles. The molecule has 88 valence electrons. The minimum Gasteiger partial charge on any atom is -0.196 e. The summed E-state index contributed by atoms with van der Waals surface area (Å²) in [7, 11) is 0. The zero-order valence-electron chi connectivity index (χ0n) is 9.38. The Kier molecular flexibility index (Phi) is 2.61. The molecule has 2 aromatic rings. The topological polar surface area (TPSA) is 32.7 Å². The molecule has 3 nitrogen and oxygen atoms in total. The fourth-order valence-corrected chi connectivity index (χ4v) is 2.23. The van der Waals surface area contributed by atoms with E-state index in [1.54, 1.807) is 12.1 Å². The molecule has 0 aliphatic carbocycles. The lowest BCUT2D eigenvalue weighted by molar-refractivity contribution is 1.07. The number of nitroso groups, excluding NO2 is 1. The maximum atomic E-state index is 11.2. The number of anilines is 2. The van der Waals surface area contributed by atoms with Crippen molar-refractivity contribution in [2.75, 3.05) is 5.01 Å². The predicted octanol–water partition coefficient (Wildman–Crippen LogP) is 4.64. The van der Waals surface area contributed by atoms with Crippen LogP contribution < -0.4 is 5.01 Å².